The molecule has 5 heteroatoms. The number of nitrogens with one attached hydrogen (secondary N) is 1. The van der Waals surface area contributed by atoms with Crippen molar-refractivity contribution < 1.29 is 0 Å². The molecule has 1 saturated heterocycles. The molecule has 1 aromatic heterocycles. The second-order valence-corrected chi connectivity index (χ2v) is 4.92. The van der Waals surface area contributed by atoms with E-state index in [1.165, 1.54) is 24.3 Å². The van der Waals surface area contributed by atoms with Gasteiger partial charge in [-0.1, -0.05) is 0 Å². The van der Waals surface area contributed by atoms with Crippen molar-refractivity contribution in [1.29, 1.82) is 0 Å². The van der Waals surface area contributed by atoms with E-state index in [4.69, 9.17) is 5.84 Å². The highest BCUT2D eigenvalue weighted by molar-refractivity contribution is 8.00. The topological polar surface area (TPSA) is 55.9 Å². The molecule has 0 radical (unpaired) electrons. The van der Waals surface area contributed by atoms with Crippen molar-refractivity contribution in [3.8, 4) is 0 Å². The Morgan fingerprint density at radius 2 is 2.64 bits per heavy atom. The van der Waals surface area contributed by atoms with E-state index in [2.05, 4.69) is 10.5 Å². The van der Waals surface area contributed by atoms with Gasteiger partial charge in [0.1, 0.15) is 0 Å². The lowest BCUT2D eigenvalue weighted by Gasteiger charge is -2.21. The smallest absolute Gasteiger partial charge is 0.0747 e. The molecule has 0 bridgehead atoms. The van der Waals surface area contributed by atoms with Gasteiger partial charge in [-0.05, 0) is 24.7 Å². The summed E-state index contributed by atoms with van der Waals surface area (Å²) < 4.78 is 1.89. The molecular weight excluding hydrogens is 196 g/mol. The summed E-state index contributed by atoms with van der Waals surface area (Å²) in [6.07, 6.45) is 4.36. The van der Waals surface area contributed by atoms with Crippen molar-refractivity contribution in [2.45, 2.75) is 24.1 Å². The predicted octanol–water partition coefficient (Wildman–Crippen LogP) is 0.820. The van der Waals surface area contributed by atoms with Crippen LogP contribution in [0.25, 0.3) is 0 Å². The van der Waals surface area contributed by atoms with Gasteiger partial charge < -0.3 is 0 Å². The van der Waals surface area contributed by atoms with Crippen LogP contribution >= 0.6 is 11.8 Å². The normalized spacial score (nSPS) is 24.0. The highest BCUT2D eigenvalue weighted by Gasteiger charge is 2.27. The van der Waals surface area contributed by atoms with Crippen molar-refractivity contribution in [1.82, 2.24) is 15.2 Å². The van der Waals surface area contributed by atoms with Crippen LogP contribution in [0.15, 0.2) is 12.3 Å². The van der Waals surface area contributed by atoms with Crippen molar-refractivity contribution in [3.05, 3.63) is 18.0 Å². The number of aromatic nitrogens is 2. The predicted molar refractivity (Wildman–Crippen MR) is 58.8 cm³/mol. The van der Waals surface area contributed by atoms with Crippen LogP contribution in [0.1, 0.15) is 24.6 Å². The van der Waals surface area contributed by atoms with Crippen molar-refractivity contribution >= 4 is 11.8 Å². The zero-order chi connectivity index (χ0) is 9.97. The zero-order valence-corrected chi connectivity index (χ0v) is 9.13. The van der Waals surface area contributed by atoms with E-state index < -0.39 is 0 Å². The van der Waals surface area contributed by atoms with E-state index in [9.17, 15) is 0 Å². The first kappa shape index (κ1) is 10.0. The Bertz CT molecular complexity index is 293. The van der Waals surface area contributed by atoms with Gasteiger partial charge in [0.15, 0.2) is 0 Å². The van der Waals surface area contributed by atoms with Gasteiger partial charge in [-0.25, -0.2) is 0 Å². The number of rotatable bonds is 3. The molecule has 3 N–H and O–H groups in total. The first-order valence-corrected chi connectivity index (χ1v) is 5.93. The molecule has 1 fully saturated rings. The van der Waals surface area contributed by atoms with Crippen molar-refractivity contribution in [2.24, 2.45) is 12.9 Å². The fourth-order valence-corrected chi connectivity index (χ4v) is 3.32. The van der Waals surface area contributed by atoms with Crippen LogP contribution in [0.2, 0.25) is 0 Å². The molecule has 0 aliphatic carbocycles. The highest BCUT2D eigenvalue weighted by atomic mass is 32.2. The van der Waals surface area contributed by atoms with Crippen LogP contribution in [0.3, 0.4) is 0 Å². The Hall–Kier alpha value is -0.520. The molecule has 0 amide bonds. The maximum absolute atomic E-state index is 5.61. The first-order chi connectivity index (χ1) is 6.83. The molecule has 2 atom stereocenters. The monoisotopic (exact) mass is 212 g/mol. The van der Waals surface area contributed by atoms with Crippen molar-refractivity contribution in [2.75, 3.05) is 5.75 Å². The largest absolute Gasteiger partial charge is 0.271 e. The third-order valence-electron chi connectivity index (χ3n) is 2.69. The Morgan fingerprint density at radius 1 is 1.79 bits per heavy atom. The molecule has 4 nitrogen and oxygen atoms in total. The van der Waals surface area contributed by atoms with Crippen molar-refractivity contribution in [3.63, 3.8) is 0 Å². The van der Waals surface area contributed by atoms with Gasteiger partial charge in [0.2, 0.25) is 0 Å². The number of aryl methyl sites for hydroxylation is 1. The van der Waals surface area contributed by atoms with Gasteiger partial charge in [0, 0.05) is 18.5 Å². The van der Waals surface area contributed by atoms with E-state index in [1.807, 2.05) is 35.8 Å². The molecule has 1 aliphatic rings. The number of nitrogens with zero attached hydrogens (tertiary/aromatic N) is 2. The Kier molecular flexibility index (Phi) is 3.10. The summed E-state index contributed by atoms with van der Waals surface area (Å²) in [5, 5.41) is 4.76. The highest BCUT2D eigenvalue weighted by Crippen LogP contribution is 2.35. The van der Waals surface area contributed by atoms with Crippen LogP contribution in [0, 0.1) is 0 Å². The summed E-state index contributed by atoms with van der Waals surface area (Å²) in [5.41, 5.74) is 4.08. The Balaban J connectivity index is 2.16. The van der Waals surface area contributed by atoms with Crippen LogP contribution in [-0.4, -0.2) is 20.8 Å². The maximum atomic E-state index is 5.61. The number of hydrazine groups is 1. The molecule has 1 aromatic rings. The fraction of sp³-hybridized carbons (Fsp3) is 0.667. The average Bonchev–Trinajstić information content (AvgIpc) is 2.80. The minimum atomic E-state index is 0.231. The summed E-state index contributed by atoms with van der Waals surface area (Å²) in [6.45, 7) is 0. The summed E-state index contributed by atoms with van der Waals surface area (Å²) in [7, 11) is 1.96. The Morgan fingerprint density at radius 3 is 3.14 bits per heavy atom. The molecular formula is C9H16N4S. The molecule has 0 saturated carbocycles. The Labute approximate surface area is 88.2 Å². The summed E-state index contributed by atoms with van der Waals surface area (Å²) in [6, 6.07) is 2.26. The van der Waals surface area contributed by atoms with Gasteiger partial charge in [-0.15, -0.1) is 0 Å². The fourth-order valence-electron chi connectivity index (χ4n) is 1.94. The van der Waals surface area contributed by atoms with Crippen LogP contribution in [0.5, 0.6) is 0 Å². The second kappa shape index (κ2) is 4.33. The lowest BCUT2D eigenvalue weighted by Crippen LogP contribution is -2.35. The van der Waals surface area contributed by atoms with Crippen LogP contribution in [-0.2, 0) is 7.05 Å². The zero-order valence-electron chi connectivity index (χ0n) is 8.31. The average molecular weight is 212 g/mol. The van der Waals surface area contributed by atoms with E-state index in [1.54, 1.807) is 0 Å². The van der Waals surface area contributed by atoms with Gasteiger partial charge in [0.05, 0.1) is 11.7 Å². The number of hydrogen-bond acceptors (Lipinski definition) is 4. The molecule has 2 rings (SSSR count). The summed E-state index contributed by atoms with van der Waals surface area (Å²) in [5.74, 6) is 6.86. The molecule has 0 aromatic carbocycles. The van der Waals surface area contributed by atoms with Gasteiger partial charge in [-0.2, -0.15) is 16.9 Å². The first-order valence-electron chi connectivity index (χ1n) is 4.88. The van der Waals surface area contributed by atoms with E-state index >= 15 is 0 Å². The minimum absolute atomic E-state index is 0.231. The minimum Gasteiger partial charge on any atom is -0.271 e. The van der Waals surface area contributed by atoms with Gasteiger partial charge in [0.25, 0.3) is 0 Å². The number of nitrogens with two attached hydrogens (primary N) is 1. The lowest BCUT2D eigenvalue weighted by molar-refractivity contribution is 0.485. The molecule has 2 unspecified atom stereocenters. The quantitative estimate of drug-likeness (QED) is 0.575. The van der Waals surface area contributed by atoms with E-state index in [-0.39, 0.29) is 6.04 Å². The molecule has 78 valence electrons. The van der Waals surface area contributed by atoms with E-state index in [0.717, 1.165) is 0 Å². The standard InChI is InChI=1S/C9H16N4S/c1-13-7(4-5-11-13)9(12-10)8-3-2-6-14-8/h4-5,8-9,12H,2-3,6,10H2,1H3. The van der Waals surface area contributed by atoms with Gasteiger partial charge >= 0.3 is 0 Å². The summed E-state index contributed by atoms with van der Waals surface area (Å²) in [4.78, 5) is 0. The SMILES string of the molecule is Cn1nccc1C(NN)C1CCCS1. The lowest BCUT2D eigenvalue weighted by atomic mass is 10.1. The maximum Gasteiger partial charge on any atom is 0.0747 e. The molecule has 2 heterocycles. The number of hydrogen-bond donors (Lipinski definition) is 2. The summed E-state index contributed by atoms with van der Waals surface area (Å²) >= 11 is 2.00. The molecule has 0 spiro atoms. The van der Waals surface area contributed by atoms with Crippen LogP contribution in [0.4, 0.5) is 0 Å². The third kappa shape index (κ3) is 1.80. The van der Waals surface area contributed by atoms with Gasteiger partial charge in [-0.3, -0.25) is 16.0 Å². The molecule has 14 heavy (non-hydrogen) atoms. The third-order valence-corrected chi connectivity index (χ3v) is 4.15. The van der Waals surface area contributed by atoms with Crippen LogP contribution < -0.4 is 11.3 Å². The number of thioether (sulfide) groups is 1. The second-order valence-electron chi connectivity index (χ2n) is 3.58. The molecule has 1 aliphatic heterocycles. The van der Waals surface area contributed by atoms with E-state index in [0.29, 0.717) is 5.25 Å².